The summed E-state index contributed by atoms with van der Waals surface area (Å²) in [5, 5.41) is 0.0586. The third-order valence-corrected chi connectivity index (χ3v) is 4.33. The number of hydrogen-bond donors (Lipinski definition) is 1. The smallest absolute Gasteiger partial charge is 0.251 e. The first-order valence-electron chi connectivity index (χ1n) is 6.57. The van der Waals surface area contributed by atoms with Gasteiger partial charge in [0.25, 0.3) is 5.91 Å². The average Bonchev–Trinajstić information content (AvgIpc) is 2.39. The van der Waals surface area contributed by atoms with Gasteiger partial charge in [0.05, 0.1) is 16.3 Å². The number of carbonyl (C=O) groups excluding carboxylic acids is 1. The third kappa shape index (κ3) is 3.41. The average molecular weight is 433 g/mol. The molecule has 0 fully saturated rings. The van der Waals surface area contributed by atoms with Gasteiger partial charge in [-0.15, -0.1) is 0 Å². The van der Waals surface area contributed by atoms with E-state index in [1.165, 1.54) is 12.1 Å². The van der Waals surface area contributed by atoms with E-state index in [1.54, 1.807) is 12.1 Å². The Morgan fingerprint density at radius 3 is 2.45 bits per heavy atom. The summed E-state index contributed by atoms with van der Waals surface area (Å²) in [6.07, 6.45) is 0. The molecule has 1 aromatic carbocycles. The van der Waals surface area contributed by atoms with Crippen LogP contribution in [0.3, 0.4) is 0 Å². The van der Waals surface area contributed by atoms with Gasteiger partial charge in [-0.25, -0.2) is 9.37 Å². The van der Waals surface area contributed by atoms with Crippen LogP contribution in [0.4, 0.5) is 4.39 Å². The summed E-state index contributed by atoms with van der Waals surface area (Å²) in [5.74, 6) is -1.03. The van der Waals surface area contributed by atoms with Gasteiger partial charge in [-0.1, -0.05) is 38.4 Å². The zero-order valence-electron chi connectivity index (χ0n) is 12.4. The molecule has 0 bridgehead atoms. The molecule has 0 aliphatic carbocycles. The molecule has 0 unspecified atom stereocenters. The molecule has 0 radical (unpaired) electrons. The van der Waals surface area contributed by atoms with Crippen molar-refractivity contribution in [3.63, 3.8) is 0 Å². The SMILES string of the molecule is CC(C)(C)c1cc(-c2ccc(Cl)c(F)c2)nc(I)c1C(N)=O. The van der Waals surface area contributed by atoms with Crippen LogP contribution in [-0.4, -0.2) is 10.9 Å². The van der Waals surface area contributed by atoms with Crippen LogP contribution >= 0.6 is 34.2 Å². The number of pyridine rings is 1. The summed E-state index contributed by atoms with van der Waals surface area (Å²) in [5.41, 5.74) is 7.55. The van der Waals surface area contributed by atoms with E-state index >= 15 is 0 Å². The fourth-order valence-corrected chi connectivity index (χ4v) is 3.08. The molecule has 0 aliphatic rings. The van der Waals surface area contributed by atoms with Crippen molar-refractivity contribution in [2.24, 2.45) is 5.73 Å². The molecule has 3 nitrogen and oxygen atoms in total. The number of rotatable bonds is 2. The van der Waals surface area contributed by atoms with Gasteiger partial charge in [-0.2, -0.15) is 0 Å². The van der Waals surface area contributed by atoms with Crippen molar-refractivity contribution in [3.8, 4) is 11.3 Å². The Kier molecular flexibility index (Phi) is 4.77. The van der Waals surface area contributed by atoms with Crippen molar-refractivity contribution in [1.82, 2.24) is 4.98 Å². The summed E-state index contributed by atoms with van der Waals surface area (Å²) >= 11 is 7.69. The van der Waals surface area contributed by atoms with Gasteiger partial charge in [0.1, 0.15) is 9.52 Å². The minimum Gasteiger partial charge on any atom is -0.366 e. The van der Waals surface area contributed by atoms with E-state index in [0.717, 1.165) is 5.56 Å². The molecule has 2 aromatic rings. The molecule has 2 rings (SSSR count). The van der Waals surface area contributed by atoms with Crippen LogP contribution in [0.15, 0.2) is 24.3 Å². The lowest BCUT2D eigenvalue weighted by Gasteiger charge is -2.23. The minimum absolute atomic E-state index is 0.0586. The first-order valence-corrected chi connectivity index (χ1v) is 8.03. The Hall–Kier alpha value is -1.21. The molecule has 6 heteroatoms. The van der Waals surface area contributed by atoms with E-state index in [1.807, 2.05) is 43.4 Å². The van der Waals surface area contributed by atoms with Crippen molar-refractivity contribution >= 4 is 40.1 Å². The molecule has 116 valence electrons. The summed E-state index contributed by atoms with van der Waals surface area (Å²) in [4.78, 5) is 16.1. The second kappa shape index (κ2) is 6.12. The second-order valence-corrected chi connectivity index (χ2v) is 7.39. The number of nitrogens with zero attached hydrogens (tertiary/aromatic N) is 1. The zero-order valence-corrected chi connectivity index (χ0v) is 15.3. The van der Waals surface area contributed by atoms with Gasteiger partial charge < -0.3 is 5.73 Å². The molecule has 1 heterocycles. The molecule has 1 aromatic heterocycles. The van der Waals surface area contributed by atoms with E-state index in [9.17, 15) is 9.18 Å². The lowest BCUT2D eigenvalue weighted by Crippen LogP contribution is -2.23. The van der Waals surface area contributed by atoms with Crippen molar-refractivity contribution in [2.45, 2.75) is 26.2 Å². The van der Waals surface area contributed by atoms with Crippen LogP contribution in [-0.2, 0) is 5.41 Å². The van der Waals surface area contributed by atoms with Crippen LogP contribution in [0.5, 0.6) is 0 Å². The topological polar surface area (TPSA) is 56.0 Å². The normalized spacial score (nSPS) is 11.5. The Balaban J connectivity index is 2.71. The number of halogens is 3. The molecule has 0 saturated carbocycles. The summed E-state index contributed by atoms with van der Waals surface area (Å²) in [6, 6.07) is 6.29. The highest BCUT2D eigenvalue weighted by Crippen LogP contribution is 2.32. The molecule has 0 aliphatic heterocycles. The number of amides is 1. The molecule has 0 atom stereocenters. The maximum atomic E-state index is 13.7. The van der Waals surface area contributed by atoms with Crippen LogP contribution < -0.4 is 5.73 Å². The largest absolute Gasteiger partial charge is 0.366 e. The number of benzene rings is 1. The highest BCUT2D eigenvalue weighted by molar-refractivity contribution is 14.1. The maximum Gasteiger partial charge on any atom is 0.251 e. The van der Waals surface area contributed by atoms with E-state index in [0.29, 0.717) is 20.5 Å². The van der Waals surface area contributed by atoms with Crippen molar-refractivity contribution < 1.29 is 9.18 Å². The quantitative estimate of drug-likeness (QED) is 0.559. The predicted octanol–water partition coefficient (Wildman–Crippen LogP) is 4.54. The van der Waals surface area contributed by atoms with Crippen LogP contribution in [0.25, 0.3) is 11.3 Å². The van der Waals surface area contributed by atoms with Crippen LogP contribution in [0.1, 0.15) is 36.7 Å². The van der Waals surface area contributed by atoms with Crippen molar-refractivity contribution in [1.29, 1.82) is 0 Å². The minimum atomic E-state index is -0.518. The molecule has 0 spiro atoms. The number of aromatic nitrogens is 1. The predicted molar refractivity (Wildman–Crippen MR) is 94.6 cm³/mol. The maximum absolute atomic E-state index is 13.7. The summed E-state index contributed by atoms with van der Waals surface area (Å²) in [7, 11) is 0. The monoisotopic (exact) mass is 432 g/mol. The van der Waals surface area contributed by atoms with Gasteiger partial charge in [0.2, 0.25) is 0 Å². The standard InChI is InChI=1S/C16H15ClFIN2O/c1-16(2,3)9-7-12(21-14(19)13(9)15(20)22)8-4-5-10(17)11(18)6-8/h4-7H,1-3H3,(H2,20,22). The Morgan fingerprint density at radius 2 is 1.95 bits per heavy atom. The van der Waals surface area contributed by atoms with Crippen molar-refractivity contribution in [3.05, 3.63) is 49.9 Å². The lowest BCUT2D eigenvalue weighted by atomic mass is 9.83. The summed E-state index contributed by atoms with van der Waals surface area (Å²) < 4.78 is 14.2. The molecular formula is C16H15ClFIN2O. The van der Waals surface area contributed by atoms with Gasteiger partial charge in [-0.05, 0) is 51.8 Å². The van der Waals surface area contributed by atoms with Crippen LogP contribution in [0.2, 0.25) is 5.02 Å². The third-order valence-electron chi connectivity index (χ3n) is 3.25. The van der Waals surface area contributed by atoms with Gasteiger partial charge in [0, 0.05) is 5.56 Å². The highest BCUT2D eigenvalue weighted by Gasteiger charge is 2.25. The number of nitrogens with two attached hydrogens (primary N) is 1. The lowest BCUT2D eigenvalue weighted by molar-refractivity contribution is 0.0997. The van der Waals surface area contributed by atoms with E-state index in [-0.39, 0.29) is 10.4 Å². The molecular weight excluding hydrogens is 418 g/mol. The highest BCUT2D eigenvalue weighted by atomic mass is 127. The zero-order chi connectivity index (χ0) is 16.7. The van der Waals surface area contributed by atoms with Gasteiger partial charge >= 0.3 is 0 Å². The summed E-state index contributed by atoms with van der Waals surface area (Å²) in [6.45, 7) is 5.95. The molecule has 2 N–H and O–H groups in total. The first-order chi connectivity index (χ1) is 10.1. The van der Waals surface area contributed by atoms with Crippen LogP contribution in [0, 0.1) is 9.52 Å². The van der Waals surface area contributed by atoms with Crippen molar-refractivity contribution in [2.75, 3.05) is 0 Å². The molecule has 22 heavy (non-hydrogen) atoms. The van der Waals surface area contributed by atoms with Gasteiger partial charge in [0.15, 0.2) is 0 Å². The van der Waals surface area contributed by atoms with Gasteiger partial charge in [-0.3, -0.25) is 4.79 Å². The first kappa shape index (κ1) is 17.1. The fraction of sp³-hybridized carbons (Fsp3) is 0.250. The Labute approximate surface area is 147 Å². The number of primary amides is 1. The van der Waals surface area contributed by atoms with E-state index < -0.39 is 11.7 Å². The number of carbonyl (C=O) groups is 1. The van der Waals surface area contributed by atoms with E-state index in [4.69, 9.17) is 17.3 Å². The Bertz CT molecular complexity index is 757. The molecule has 1 amide bonds. The second-order valence-electron chi connectivity index (χ2n) is 5.96. The number of hydrogen-bond acceptors (Lipinski definition) is 2. The molecule has 0 saturated heterocycles. The Morgan fingerprint density at radius 1 is 1.32 bits per heavy atom. The fourth-order valence-electron chi connectivity index (χ4n) is 2.14. The van der Waals surface area contributed by atoms with E-state index in [2.05, 4.69) is 4.98 Å².